The second-order valence-electron chi connectivity index (χ2n) is 9.84. The third-order valence-electron chi connectivity index (χ3n) is 5.25. The Morgan fingerprint density at radius 3 is 2.48 bits per heavy atom. The van der Waals surface area contributed by atoms with Crippen LogP contribution in [-0.2, 0) is 19.6 Å². The number of rotatable bonds is 14. The van der Waals surface area contributed by atoms with Crippen LogP contribution in [0.5, 0.6) is 5.88 Å². The highest BCUT2D eigenvalue weighted by molar-refractivity contribution is 7.99. The lowest BCUT2D eigenvalue weighted by Crippen LogP contribution is -2.47. The molecule has 0 saturated heterocycles. The van der Waals surface area contributed by atoms with Gasteiger partial charge in [0.25, 0.3) is 15.9 Å². The fourth-order valence-electron chi connectivity index (χ4n) is 3.10. The predicted molar refractivity (Wildman–Crippen MR) is 158 cm³/mol. The highest BCUT2D eigenvalue weighted by atomic mass is 35.5. The van der Waals surface area contributed by atoms with Crippen LogP contribution in [0, 0.1) is 0 Å². The van der Waals surface area contributed by atoms with E-state index in [1.54, 1.807) is 0 Å². The first kappa shape index (κ1) is 33.9. The first-order valence-corrected chi connectivity index (χ1v) is 18.8. The number of thioether (sulfide) groups is 1. The van der Waals surface area contributed by atoms with Gasteiger partial charge < -0.3 is 24.8 Å². The Hall–Kier alpha value is -2.30. The van der Waals surface area contributed by atoms with Gasteiger partial charge >= 0.3 is 6.09 Å². The van der Waals surface area contributed by atoms with Gasteiger partial charge in [-0.3, -0.25) is 4.79 Å². The molecule has 40 heavy (non-hydrogen) atoms. The molecule has 1 atom stereocenters. The first-order valence-electron chi connectivity index (χ1n) is 11.9. The van der Waals surface area contributed by atoms with Crippen LogP contribution >= 0.6 is 35.0 Å². The highest BCUT2D eigenvalue weighted by Crippen LogP contribution is 2.35. The summed E-state index contributed by atoms with van der Waals surface area (Å²) in [6.45, 7) is 6.44. The lowest BCUT2D eigenvalue weighted by atomic mass is 10.3. The average Bonchev–Trinajstić information content (AvgIpc) is 2.86. The molecule has 17 heteroatoms. The molecule has 1 aromatic heterocycles. The van der Waals surface area contributed by atoms with Crippen molar-refractivity contribution in [3.8, 4) is 5.88 Å². The van der Waals surface area contributed by atoms with E-state index >= 15 is 0 Å². The second-order valence-corrected chi connectivity index (χ2v) is 19.1. The quantitative estimate of drug-likeness (QED) is 0.132. The van der Waals surface area contributed by atoms with E-state index in [-0.39, 0.29) is 37.4 Å². The first-order chi connectivity index (χ1) is 18.6. The minimum atomic E-state index is -4.34. The molecule has 222 valence electrons. The summed E-state index contributed by atoms with van der Waals surface area (Å²) in [5.74, 6) is -0.735. The van der Waals surface area contributed by atoms with E-state index in [4.69, 9.17) is 37.8 Å². The van der Waals surface area contributed by atoms with Gasteiger partial charge in [-0.2, -0.15) is 0 Å². The molecule has 12 nitrogen and oxygen atoms in total. The smallest absolute Gasteiger partial charge is 0.405 e. The number of sulfonamides is 1. The lowest BCUT2D eigenvalue weighted by molar-refractivity contribution is -0.130. The Morgan fingerprint density at radius 2 is 1.90 bits per heavy atom. The summed E-state index contributed by atoms with van der Waals surface area (Å²) in [6, 6.07) is 4.00. The molecule has 0 saturated carbocycles. The summed E-state index contributed by atoms with van der Waals surface area (Å²) in [6.07, 6.45) is -0.0561. The Labute approximate surface area is 249 Å². The number of carbonyl (C=O) groups is 2. The summed E-state index contributed by atoms with van der Waals surface area (Å²) in [5, 5.41) is 11.5. The molecule has 2 N–H and O–H groups in total. The van der Waals surface area contributed by atoms with Gasteiger partial charge in [0.2, 0.25) is 11.7 Å². The number of likely N-dealkylation sites (N-methyl/N-ethyl adjacent to an activating group) is 1. The molecule has 2 aromatic rings. The van der Waals surface area contributed by atoms with Crippen LogP contribution in [-0.4, -0.2) is 94.8 Å². The van der Waals surface area contributed by atoms with Crippen molar-refractivity contribution in [3.63, 3.8) is 0 Å². The van der Waals surface area contributed by atoms with Gasteiger partial charge in [0.1, 0.15) is 22.7 Å². The molecular weight excluding hydrogens is 621 g/mol. The molecule has 0 spiro atoms. The van der Waals surface area contributed by atoms with Crippen molar-refractivity contribution >= 4 is 70.9 Å². The van der Waals surface area contributed by atoms with E-state index in [0.29, 0.717) is 6.61 Å². The fraction of sp³-hybridized carbons (Fsp3) is 0.478. The van der Waals surface area contributed by atoms with E-state index in [9.17, 15) is 18.0 Å². The molecular formula is C23H33Cl2N5O7S2Si. The fourth-order valence-corrected chi connectivity index (χ4v) is 6.74. The largest absolute Gasteiger partial charge is 0.478 e. The van der Waals surface area contributed by atoms with Gasteiger partial charge in [-0.15, -0.1) is 11.8 Å². The van der Waals surface area contributed by atoms with E-state index < -0.39 is 42.9 Å². The van der Waals surface area contributed by atoms with Gasteiger partial charge in [0, 0.05) is 34.5 Å². The van der Waals surface area contributed by atoms with Crippen LogP contribution in [0.25, 0.3) is 0 Å². The third kappa shape index (κ3) is 9.38. The Morgan fingerprint density at radius 1 is 1.23 bits per heavy atom. The number of amides is 2. The van der Waals surface area contributed by atoms with Gasteiger partial charge in [-0.05, 0) is 18.2 Å². The molecule has 0 aliphatic carbocycles. The Kier molecular flexibility index (Phi) is 12.3. The molecule has 0 bridgehead atoms. The van der Waals surface area contributed by atoms with Gasteiger partial charge in [-0.1, -0.05) is 48.9 Å². The van der Waals surface area contributed by atoms with E-state index in [1.165, 1.54) is 50.5 Å². The van der Waals surface area contributed by atoms with Crippen LogP contribution < -0.4 is 14.4 Å². The van der Waals surface area contributed by atoms with Crippen LogP contribution in [0.3, 0.4) is 0 Å². The van der Waals surface area contributed by atoms with E-state index in [2.05, 4.69) is 34.9 Å². The zero-order chi connectivity index (χ0) is 30.3. The number of ether oxygens (including phenoxy) is 2. The minimum absolute atomic E-state index is 0.000429. The third-order valence-corrected chi connectivity index (χ3v) is 10.6. The van der Waals surface area contributed by atoms with Crippen molar-refractivity contribution in [3.05, 3.63) is 34.4 Å². The number of methoxy groups -OCH3 is 1. The standard InChI is InChI=1S/C23H33Cl2N5O7S2Si/c1-29(2)22(31)16(27-23(32)33)13-38-18-12-26-20(21(28-18)36-3)30(14-37-10-11-40(4,5)6)39(34,35)17-9-7-8-15(24)19(17)25/h7-9,12,16,27H,10-11,13-14H2,1-6H3,(H,32,33)/t16-/m0/s1. The summed E-state index contributed by atoms with van der Waals surface area (Å²) in [4.78, 5) is 33.2. The minimum Gasteiger partial charge on any atom is -0.478 e. The highest BCUT2D eigenvalue weighted by Gasteiger charge is 2.32. The molecule has 2 rings (SSSR count). The number of carboxylic acid groups (broad SMARTS) is 1. The van der Waals surface area contributed by atoms with E-state index in [1.807, 2.05) is 0 Å². The molecule has 2 amide bonds. The molecule has 0 unspecified atom stereocenters. The summed E-state index contributed by atoms with van der Waals surface area (Å²) in [7, 11) is -1.48. The summed E-state index contributed by atoms with van der Waals surface area (Å²) in [5.41, 5.74) is 0. The lowest BCUT2D eigenvalue weighted by Gasteiger charge is -2.25. The van der Waals surface area contributed by atoms with Crippen molar-refractivity contribution in [2.45, 2.75) is 41.6 Å². The maximum atomic E-state index is 13.8. The Bertz CT molecular complexity index is 1310. The number of hydrogen-bond acceptors (Lipinski definition) is 9. The maximum Gasteiger partial charge on any atom is 0.405 e. The summed E-state index contributed by atoms with van der Waals surface area (Å²) >= 11 is 13.4. The number of nitrogens with one attached hydrogen (secondary N) is 1. The second kappa shape index (κ2) is 14.5. The van der Waals surface area contributed by atoms with Gasteiger partial charge in [-0.25, -0.2) is 27.5 Å². The molecule has 0 aliphatic rings. The van der Waals surface area contributed by atoms with E-state index in [0.717, 1.165) is 22.1 Å². The number of benzene rings is 1. The van der Waals surface area contributed by atoms with Crippen molar-refractivity contribution in [1.82, 2.24) is 20.2 Å². The monoisotopic (exact) mass is 653 g/mol. The van der Waals surface area contributed by atoms with Crippen LogP contribution in [0.15, 0.2) is 34.3 Å². The molecule has 0 fully saturated rings. The number of aromatic nitrogens is 2. The van der Waals surface area contributed by atoms with Gasteiger partial charge in [0.15, 0.2) is 0 Å². The van der Waals surface area contributed by atoms with Crippen LogP contribution in [0.2, 0.25) is 35.7 Å². The zero-order valence-electron chi connectivity index (χ0n) is 23.0. The predicted octanol–water partition coefficient (Wildman–Crippen LogP) is 4.12. The van der Waals surface area contributed by atoms with Gasteiger partial charge in [0.05, 0.1) is 23.4 Å². The van der Waals surface area contributed by atoms with Crippen molar-refractivity contribution < 1.29 is 32.6 Å². The number of nitrogens with zero attached hydrogens (tertiary/aromatic N) is 4. The molecule has 1 heterocycles. The molecule has 0 radical (unpaired) electrons. The summed E-state index contributed by atoms with van der Waals surface area (Å²) < 4.78 is 39.6. The van der Waals surface area contributed by atoms with Crippen LogP contribution in [0.4, 0.5) is 10.6 Å². The zero-order valence-corrected chi connectivity index (χ0v) is 27.1. The van der Waals surface area contributed by atoms with Crippen LogP contribution in [0.1, 0.15) is 0 Å². The van der Waals surface area contributed by atoms with Crippen molar-refractivity contribution in [2.24, 2.45) is 0 Å². The number of anilines is 1. The topological polar surface area (TPSA) is 151 Å². The molecule has 1 aromatic carbocycles. The number of carbonyl (C=O) groups excluding carboxylic acids is 1. The average molecular weight is 655 g/mol. The Balaban J connectivity index is 2.44. The SMILES string of the molecule is COc1nc(SC[C@H](NC(=O)O)C(=O)N(C)C)cnc1N(COCC[Si](C)(C)C)S(=O)(=O)c1cccc(Cl)c1Cl. The normalized spacial score (nSPS) is 12.5. The van der Waals surface area contributed by atoms with Crippen molar-refractivity contribution in [2.75, 3.05) is 44.6 Å². The maximum absolute atomic E-state index is 13.8. The van der Waals surface area contributed by atoms with Crippen molar-refractivity contribution in [1.29, 1.82) is 0 Å². The number of hydrogen-bond donors (Lipinski definition) is 2. The number of halogens is 2. The molecule has 0 aliphatic heterocycles.